The molecule has 7 nitrogen and oxygen atoms in total. The van der Waals surface area contributed by atoms with E-state index in [9.17, 15) is 19.8 Å². The van der Waals surface area contributed by atoms with E-state index < -0.39 is 46.5 Å². The van der Waals surface area contributed by atoms with E-state index in [1.807, 2.05) is 13.8 Å². The van der Waals surface area contributed by atoms with Crippen molar-refractivity contribution in [1.29, 1.82) is 0 Å². The number of aliphatic hydroxyl groups is 2. The average Bonchev–Trinajstić information content (AvgIpc) is 3.19. The molecule has 0 bridgehead atoms. The van der Waals surface area contributed by atoms with Crippen molar-refractivity contribution in [1.82, 2.24) is 0 Å². The van der Waals surface area contributed by atoms with Gasteiger partial charge in [-0.15, -0.1) is 0 Å². The van der Waals surface area contributed by atoms with Gasteiger partial charge in [0.25, 0.3) is 0 Å². The van der Waals surface area contributed by atoms with Crippen molar-refractivity contribution in [2.75, 3.05) is 7.11 Å². The second-order valence-corrected chi connectivity index (χ2v) is 8.38. The Morgan fingerprint density at radius 1 is 1.32 bits per heavy atom. The van der Waals surface area contributed by atoms with E-state index in [1.54, 1.807) is 12.1 Å². The van der Waals surface area contributed by atoms with Gasteiger partial charge in [0.1, 0.15) is 6.10 Å². The molecule has 0 amide bonds. The first-order valence-electron chi connectivity index (χ1n) is 9.30. The van der Waals surface area contributed by atoms with Gasteiger partial charge in [0.2, 0.25) is 0 Å². The highest BCUT2D eigenvalue weighted by Gasteiger charge is 2.67. The van der Waals surface area contributed by atoms with Gasteiger partial charge >= 0.3 is 11.9 Å². The molecule has 0 aromatic carbocycles. The molecule has 2 N–H and O–H groups in total. The maximum atomic E-state index is 12.9. The Kier molecular flexibility index (Phi) is 4.10. The predicted octanol–water partition coefficient (Wildman–Crippen LogP) is 2.06. The number of furan rings is 1. The molecule has 2 heterocycles. The van der Waals surface area contributed by atoms with Crippen LogP contribution in [-0.2, 0) is 19.1 Å². The highest BCUT2D eigenvalue weighted by atomic mass is 16.6. The van der Waals surface area contributed by atoms with Crippen molar-refractivity contribution in [3.63, 3.8) is 0 Å². The topological polar surface area (TPSA) is 106 Å². The molecule has 28 heavy (non-hydrogen) atoms. The average molecular weight is 388 g/mol. The molecule has 1 saturated heterocycles. The van der Waals surface area contributed by atoms with Gasteiger partial charge in [-0.3, -0.25) is 0 Å². The van der Waals surface area contributed by atoms with Crippen molar-refractivity contribution in [3.05, 3.63) is 48.0 Å². The summed E-state index contributed by atoms with van der Waals surface area (Å²) >= 11 is 0. The van der Waals surface area contributed by atoms with Crippen LogP contribution in [0.1, 0.15) is 38.4 Å². The predicted molar refractivity (Wildman–Crippen MR) is 96.7 cm³/mol. The molecule has 2 aliphatic carbocycles. The number of esters is 2. The number of ether oxygens (including phenoxy) is 2. The molecule has 7 heteroatoms. The fourth-order valence-electron chi connectivity index (χ4n) is 5.28. The SMILES string of the molecule is COC(=O)C1=C[C@H](O)C[C@@H]2[C@@]1(C)C=C[C@]1(O)C(=O)O[C@H](c3ccoc3)C[C@@]21C. The molecule has 150 valence electrons. The van der Waals surface area contributed by atoms with Crippen LogP contribution in [0.15, 0.2) is 46.8 Å². The molecule has 1 fully saturated rings. The maximum Gasteiger partial charge on any atom is 0.343 e. The van der Waals surface area contributed by atoms with Gasteiger partial charge in [-0.05, 0) is 37.0 Å². The Bertz CT molecular complexity index is 869. The minimum atomic E-state index is -1.85. The van der Waals surface area contributed by atoms with Gasteiger partial charge in [0, 0.05) is 22.0 Å². The normalized spacial score (nSPS) is 42.1. The molecular weight excluding hydrogens is 364 g/mol. The van der Waals surface area contributed by atoms with E-state index in [0.29, 0.717) is 24.0 Å². The molecule has 6 atom stereocenters. The Morgan fingerprint density at radius 3 is 2.71 bits per heavy atom. The lowest BCUT2D eigenvalue weighted by atomic mass is 9.46. The number of cyclic esters (lactones) is 1. The summed E-state index contributed by atoms with van der Waals surface area (Å²) in [5.74, 6) is -1.67. The van der Waals surface area contributed by atoms with E-state index in [-0.39, 0.29) is 0 Å². The molecule has 3 aliphatic rings. The van der Waals surface area contributed by atoms with Crippen LogP contribution in [0.4, 0.5) is 0 Å². The van der Waals surface area contributed by atoms with Crippen LogP contribution in [0.3, 0.4) is 0 Å². The van der Waals surface area contributed by atoms with E-state index in [1.165, 1.54) is 31.8 Å². The Labute approximate surface area is 162 Å². The monoisotopic (exact) mass is 388 g/mol. The van der Waals surface area contributed by atoms with Crippen LogP contribution in [0.25, 0.3) is 0 Å². The second kappa shape index (κ2) is 6.06. The zero-order chi connectivity index (χ0) is 20.3. The first kappa shape index (κ1) is 19.0. The van der Waals surface area contributed by atoms with Gasteiger partial charge in [-0.25, -0.2) is 9.59 Å². The first-order chi connectivity index (χ1) is 13.2. The lowest BCUT2D eigenvalue weighted by molar-refractivity contribution is -0.217. The second-order valence-electron chi connectivity index (χ2n) is 8.38. The number of rotatable bonds is 2. The third-order valence-electron chi connectivity index (χ3n) is 6.94. The van der Waals surface area contributed by atoms with Gasteiger partial charge in [-0.2, -0.15) is 0 Å². The zero-order valence-corrected chi connectivity index (χ0v) is 16.0. The lowest BCUT2D eigenvalue weighted by Gasteiger charge is -2.60. The fourth-order valence-corrected chi connectivity index (χ4v) is 5.28. The highest BCUT2D eigenvalue weighted by molar-refractivity contribution is 5.92. The number of allylic oxidation sites excluding steroid dienone is 1. The van der Waals surface area contributed by atoms with E-state index in [2.05, 4.69) is 0 Å². The van der Waals surface area contributed by atoms with Crippen LogP contribution >= 0.6 is 0 Å². The smallest absolute Gasteiger partial charge is 0.343 e. The van der Waals surface area contributed by atoms with Gasteiger partial charge < -0.3 is 24.1 Å². The van der Waals surface area contributed by atoms with Crippen molar-refractivity contribution in [3.8, 4) is 0 Å². The van der Waals surface area contributed by atoms with E-state index in [4.69, 9.17) is 13.9 Å². The number of hydrogen-bond acceptors (Lipinski definition) is 7. The number of aliphatic hydroxyl groups excluding tert-OH is 1. The Morgan fingerprint density at radius 2 is 2.07 bits per heavy atom. The minimum absolute atomic E-state index is 0.297. The lowest BCUT2D eigenvalue weighted by Crippen LogP contribution is -2.65. The summed E-state index contributed by atoms with van der Waals surface area (Å²) in [5.41, 5.74) is -2.60. The van der Waals surface area contributed by atoms with Crippen LogP contribution in [0, 0.1) is 16.7 Å². The summed E-state index contributed by atoms with van der Waals surface area (Å²) < 4.78 is 15.6. The Hall–Kier alpha value is -2.38. The summed E-state index contributed by atoms with van der Waals surface area (Å²) in [6.07, 6.45) is 6.78. The third-order valence-corrected chi connectivity index (χ3v) is 6.94. The quantitative estimate of drug-likeness (QED) is 0.590. The number of carbonyl (C=O) groups is 2. The van der Waals surface area contributed by atoms with Crippen LogP contribution in [0.2, 0.25) is 0 Å². The van der Waals surface area contributed by atoms with Crippen LogP contribution in [-0.4, -0.2) is 41.0 Å². The molecule has 1 aromatic heterocycles. The van der Waals surface area contributed by atoms with Crippen molar-refractivity contribution in [2.24, 2.45) is 16.7 Å². The summed E-state index contributed by atoms with van der Waals surface area (Å²) in [6, 6.07) is 1.72. The van der Waals surface area contributed by atoms with E-state index in [0.717, 1.165) is 0 Å². The summed E-state index contributed by atoms with van der Waals surface area (Å²) in [7, 11) is 1.29. The molecule has 0 unspecified atom stereocenters. The molecule has 0 radical (unpaired) electrons. The fraction of sp³-hybridized carbons (Fsp3) is 0.524. The summed E-state index contributed by atoms with van der Waals surface area (Å²) in [4.78, 5) is 25.3. The first-order valence-corrected chi connectivity index (χ1v) is 9.30. The van der Waals surface area contributed by atoms with E-state index >= 15 is 0 Å². The van der Waals surface area contributed by atoms with Gasteiger partial charge in [0.05, 0.1) is 25.7 Å². The standard InChI is InChI=1S/C21H24O7/c1-19-5-6-21(25)18(24)28-15(12-4-7-27-11-12)10-20(21,2)16(19)9-13(22)8-14(19)17(23)26-3/h4-8,11,13,15-16,22,25H,9-10H2,1-3H3/t13-,15-,16+,19-,20-,21-/m0/s1. The summed E-state index contributed by atoms with van der Waals surface area (Å²) in [6.45, 7) is 3.69. The largest absolute Gasteiger partial charge is 0.472 e. The van der Waals surface area contributed by atoms with Crippen LogP contribution in [0.5, 0.6) is 0 Å². The third kappa shape index (κ3) is 2.36. The van der Waals surface area contributed by atoms with Crippen molar-refractivity contribution < 1.29 is 33.7 Å². The molecular formula is C21H24O7. The number of fused-ring (bicyclic) bond motifs is 3. The molecule has 1 aliphatic heterocycles. The summed E-state index contributed by atoms with van der Waals surface area (Å²) in [5, 5.41) is 21.8. The number of methoxy groups -OCH3 is 1. The number of carbonyl (C=O) groups excluding carboxylic acids is 2. The van der Waals surface area contributed by atoms with Gasteiger partial charge in [-0.1, -0.05) is 19.9 Å². The van der Waals surface area contributed by atoms with Gasteiger partial charge in [0.15, 0.2) is 5.60 Å². The van der Waals surface area contributed by atoms with Crippen LogP contribution < -0.4 is 0 Å². The minimum Gasteiger partial charge on any atom is -0.472 e. The van der Waals surface area contributed by atoms with Crippen molar-refractivity contribution >= 4 is 11.9 Å². The number of hydrogen-bond donors (Lipinski definition) is 2. The highest BCUT2D eigenvalue weighted by Crippen LogP contribution is 2.63. The molecule has 0 saturated carbocycles. The Balaban J connectivity index is 1.85. The zero-order valence-electron chi connectivity index (χ0n) is 16.0. The maximum absolute atomic E-state index is 12.9. The molecule has 0 spiro atoms. The molecule has 1 aromatic rings. The van der Waals surface area contributed by atoms with Crippen molar-refractivity contribution in [2.45, 2.75) is 44.5 Å². The molecule has 4 rings (SSSR count).